The van der Waals surface area contributed by atoms with E-state index in [1.54, 1.807) is 12.1 Å². The largest absolute Gasteiger partial charge is 0.374 e. The molecule has 0 heterocycles. The summed E-state index contributed by atoms with van der Waals surface area (Å²) in [5.74, 6) is -0.108. The minimum Gasteiger partial charge on any atom is -0.374 e. The molecule has 0 unspecified atom stereocenters. The maximum Gasteiger partial charge on any atom is 0.129 e. The van der Waals surface area contributed by atoms with Crippen LogP contribution in [0.25, 0.3) is 0 Å². The number of hydrogen-bond acceptors (Lipinski definition) is 2. The summed E-state index contributed by atoms with van der Waals surface area (Å²) >= 11 is 0. The Morgan fingerprint density at radius 1 is 1.16 bits per heavy atom. The average Bonchev–Trinajstić information content (AvgIpc) is 2.41. The van der Waals surface area contributed by atoms with Crippen LogP contribution in [-0.2, 0) is 6.54 Å². The summed E-state index contributed by atoms with van der Waals surface area (Å²) in [5, 5.41) is 3.29. The van der Waals surface area contributed by atoms with Gasteiger partial charge in [-0.05, 0) is 31.5 Å². The smallest absolute Gasteiger partial charge is 0.129 e. The predicted molar refractivity (Wildman–Crippen MR) is 81.2 cm³/mol. The maximum absolute atomic E-state index is 14.0. The topological polar surface area (TPSA) is 15.3 Å². The second-order valence-corrected chi connectivity index (χ2v) is 5.04. The van der Waals surface area contributed by atoms with Crippen molar-refractivity contribution in [1.82, 2.24) is 5.32 Å². The lowest BCUT2D eigenvalue weighted by atomic mass is 10.1. The van der Waals surface area contributed by atoms with E-state index in [1.807, 2.05) is 13.1 Å². The van der Waals surface area contributed by atoms with Gasteiger partial charge in [-0.1, -0.05) is 32.8 Å². The molecule has 1 N–H and O–H groups in total. The lowest BCUT2D eigenvalue weighted by molar-refractivity contribution is 0.584. The van der Waals surface area contributed by atoms with Gasteiger partial charge in [0.25, 0.3) is 0 Å². The van der Waals surface area contributed by atoms with E-state index in [2.05, 4.69) is 24.1 Å². The first-order chi connectivity index (χ1) is 9.20. The highest BCUT2D eigenvalue weighted by Crippen LogP contribution is 2.22. The monoisotopic (exact) mass is 266 g/mol. The van der Waals surface area contributed by atoms with Crippen molar-refractivity contribution in [3.8, 4) is 0 Å². The Morgan fingerprint density at radius 3 is 2.63 bits per heavy atom. The number of rotatable bonds is 9. The lowest BCUT2D eigenvalue weighted by Crippen LogP contribution is -2.23. The summed E-state index contributed by atoms with van der Waals surface area (Å²) in [6, 6.07) is 5.36. The fourth-order valence-electron chi connectivity index (χ4n) is 2.19. The molecule has 0 aromatic heterocycles. The van der Waals surface area contributed by atoms with Gasteiger partial charge in [0.2, 0.25) is 0 Å². The van der Waals surface area contributed by atoms with Crippen molar-refractivity contribution in [2.75, 3.05) is 25.0 Å². The second-order valence-electron chi connectivity index (χ2n) is 5.04. The maximum atomic E-state index is 14.0. The van der Waals surface area contributed by atoms with Crippen molar-refractivity contribution in [3.63, 3.8) is 0 Å². The zero-order valence-corrected chi connectivity index (χ0v) is 12.5. The molecule has 2 nitrogen and oxygen atoms in total. The van der Waals surface area contributed by atoms with Crippen molar-refractivity contribution in [2.24, 2.45) is 0 Å². The zero-order chi connectivity index (χ0) is 14.1. The van der Waals surface area contributed by atoms with Crippen LogP contribution in [0.1, 0.15) is 45.1 Å². The third-order valence-corrected chi connectivity index (χ3v) is 3.33. The molecule has 0 spiro atoms. The first-order valence-corrected chi connectivity index (χ1v) is 7.39. The molecule has 0 atom stereocenters. The minimum absolute atomic E-state index is 0.108. The second kappa shape index (κ2) is 8.92. The number of hydrogen-bond donors (Lipinski definition) is 1. The Bertz CT molecular complexity index is 366. The van der Waals surface area contributed by atoms with Crippen molar-refractivity contribution >= 4 is 5.69 Å². The van der Waals surface area contributed by atoms with Gasteiger partial charge in [-0.2, -0.15) is 0 Å². The molecule has 0 fully saturated rings. The van der Waals surface area contributed by atoms with Crippen molar-refractivity contribution in [2.45, 2.75) is 46.1 Å². The van der Waals surface area contributed by atoms with Gasteiger partial charge in [0, 0.05) is 31.4 Å². The fraction of sp³-hybridized carbons (Fsp3) is 0.625. The molecule has 1 rings (SSSR count). The highest BCUT2D eigenvalue weighted by Gasteiger charge is 2.11. The molecular formula is C16H27FN2. The van der Waals surface area contributed by atoms with E-state index in [9.17, 15) is 4.39 Å². The van der Waals surface area contributed by atoms with Crippen LogP contribution in [0.2, 0.25) is 0 Å². The summed E-state index contributed by atoms with van der Waals surface area (Å²) < 4.78 is 14.0. The van der Waals surface area contributed by atoms with Gasteiger partial charge in [0.05, 0.1) is 0 Å². The summed E-state index contributed by atoms with van der Waals surface area (Å²) in [6.07, 6.45) is 4.66. The van der Waals surface area contributed by atoms with Crippen LogP contribution < -0.4 is 10.2 Å². The fourth-order valence-corrected chi connectivity index (χ4v) is 2.19. The molecule has 0 saturated carbocycles. The molecule has 0 saturated heterocycles. The number of unbranched alkanes of at least 4 members (excludes halogenated alkanes) is 2. The summed E-state index contributed by atoms with van der Waals surface area (Å²) in [6.45, 7) is 6.83. The minimum atomic E-state index is -0.108. The first-order valence-electron chi connectivity index (χ1n) is 7.39. The molecule has 1 aromatic carbocycles. The van der Waals surface area contributed by atoms with E-state index < -0.39 is 0 Å². The van der Waals surface area contributed by atoms with E-state index in [0.717, 1.165) is 37.2 Å². The van der Waals surface area contributed by atoms with Gasteiger partial charge in [-0.3, -0.25) is 0 Å². The SMILES string of the molecule is CCCCCN(C)c1cccc(F)c1CNCCC. The van der Waals surface area contributed by atoms with Crippen molar-refractivity contribution in [3.05, 3.63) is 29.6 Å². The van der Waals surface area contributed by atoms with E-state index in [-0.39, 0.29) is 5.82 Å². The molecule has 0 bridgehead atoms. The Hall–Kier alpha value is -1.09. The van der Waals surface area contributed by atoms with E-state index in [4.69, 9.17) is 0 Å². The van der Waals surface area contributed by atoms with Crippen LogP contribution in [0, 0.1) is 5.82 Å². The average molecular weight is 266 g/mol. The highest BCUT2D eigenvalue weighted by molar-refractivity contribution is 5.53. The van der Waals surface area contributed by atoms with E-state index in [0.29, 0.717) is 6.54 Å². The van der Waals surface area contributed by atoms with Crippen molar-refractivity contribution < 1.29 is 4.39 Å². The zero-order valence-electron chi connectivity index (χ0n) is 12.5. The Balaban J connectivity index is 2.71. The standard InChI is InChI=1S/C16H27FN2/c1-4-6-7-12-19(3)16-10-8-9-15(17)14(16)13-18-11-5-2/h8-10,18H,4-7,11-13H2,1-3H3. The molecule has 0 aliphatic heterocycles. The van der Waals surface area contributed by atoms with Crippen molar-refractivity contribution in [1.29, 1.82) is 0 Å². The Labute approximate surface area is 117 Å². The van der Waals surface area contributed by atoms with Gasteiger partial charge in [0.1, 0.15) is 5.82 Å². The molecule has 1 aromatic rings. The molecule has 0 aliphatic rings. The first kappa shape index (κ1) is 16.0. The molecule has 0 amide bonds. The highest BCUT2D eigenvalue weighted by atomic mass is 19.1. The van der Waals surface area contributed by atoms with Gasteiger partial charge in [0.15, 0.2) is 0 Å². The number of anilines is 1. The van der Waals surface area contributed by atoms with E-state index >= 15 is 0 Å². The normalized spacial score (nSPS) is 10.7. The summed E-state index contributed by atoms with van der Waals surface area (Å²) in [4.78, 5) is 2.17. The third-order valence-electron chi connectivity index (χ3n) is 3.33. The van der Waals surface area contributed by atoms with Gasteiger partial charge >= 0.3 is 0 Å². The molecule has 19 heavy (non-hydrogen) atoms. The third kappa shape index (κ3) is 5.19. The molecular weight excluding hydrogens is 239 g/mol. The quantitative estimate of drug-likeness (QED) is 0.681. The number of nitrogens with one attached hydrogen (secondary N) is 1. The lowest BCUT2D eigenvalue weighted by Gasteiger charge is -2.23. The Morgan fingerprint density at radius 2 is 1.95 bits per heavy atom. The summed E-state index contributed by atoms with van der Waals surface area (Å²) in [5.41, 5.74) is 1.80. The molecule has 0 radical (unpaired) electrons. The van der Waals surface area contributed by atoms with Crippen LogP contribution in [-0.4, -0.2) is 20.1 Å². The van der Waals surface area contributed by atoms with Crippen LogP contribution in [0.4, 0.5) is 10.1 Å². The molecule has 3 heteroatoms. The number of benzene rings is 1. The Kier molecular flexibility index (Phi) is 7.49. The molecule has 108 valence electrons. The van der Waals surface area contributed by atoms with E-state index in [1.165, 1.54) is 12.8 Å². The number of nitrogens with zero attached hydrogens (tertiary/aromatic N) is 1. The van der Waals surface area contributed by atoms with Gasteiger partial charge < -0.3 is 10.2 Å². The predicted octanol–water partition coefficient (Wildman–Crippen LogP) is 3.95. The summed E-state index contributed by atoms with van der Waals surface area (Å²) in [7, 11) is 2.05. The van der Waals surface area contributed by atoms with Crippen LogP contribution in [0.3, 0.4) is 0 Å². The molecule has 0 aliphatic carbocycles. The van der Waals surface area contributed by atoms with Crippen LogP contribution in [0.15, 0.2) is 18.2 Å². The van der Waals surface area contributed by atoms with Gasteiger partial charge in [-0.15, -0.1) is 0 Å². The van der Waals surface area contributed by atoms with Gasteiger partial charge in [-0.25, -0.2) is 4.39 Å². The van der Waals surface area contributed by atoms with Crippen LogP contribution >= 0.6 is 0 Å². The van der Waals surface area contributed by atoms with Crippen LogP contribution in [0.5, 0.6) is 0 Å². The number of halogens is 1.